The Morgan fingerprint density at radius 3 is 1.98 bits per heavy atom. The van der Waals surface area contributed by atoms with Crippen molar-refractivity contribution in [1.29, 1.82) is 0 Å². The first kappa shape index (κ1) is 22.4. The number of imidazole rings is 1. The minimum atomic E-state index is -2.90. The highest BCUT2D eigenvalue weighted by Gasteiger charge is 2.19. The monoisotopic (exact) mass is 606 g/mol. The normalized spacial score (nSPS) is 13.7. The predicted molar refractivity (Wildman–Crippen MR) is 197 cm³/mol. The molecule has 3 heteroatoms. The van der Waals surface area contributed by atoms with Crippen molar-refractivity contribution in [2.24, 2.45) is 0 Å². The molecular formula is C44H31N3. The number of rotatable bonds is 5. The van der Waals surface area contributed by atoms with Gasteiger partial charge in [-0.2, -0.15) is 0 Å². The molecule has 0 saturated heterocycles. The van der Waals surface area contributed by atoms with Crippen LogP contribution in [-0.2, 0) is 6.37 Å². The van der Waals surface area contributed by atoms with Crippen molar-refractivity contribution in [3.63, 3.8) is 0 Å². The summed E-state index contributed by atoms with van der Waals surface area (Å²) in [4.78, 5) is 9.20. The number of aromatic nitrogens is 3. The second kappa shape index (κ2) is 11.1. The second-order valence-corrected chi connectivity index (χ2v) is 11.7. The molecule has 3 nitrogen and oxygen atoms in total. The van der Waals surface area contributed by atoms with Crippen LogP contribution in [0.3, 0.4) is 0 Å². The van der Waals surface area contributed by atoms with Crippen LogP contribution >= 0.6 is 0 Å². The van der Waals surface area contributed by atoms with E-state index in [4.69, 9.17) is 11.8 Å². The highest BCUT2D eigenvalue weighted by atomic mass is 15.1. The first-order valence-corrected chi connectivity index (χ1v) is 15.7. The summed E-state index contributed by atoms with van der Waals surface area (Å²) in [6.45, 7) is -2.90. The molecule has 7 aromatic carbocycles. The fourth-order valence-corrected chi connectivity index (χ4v) is 7.08. The highest BCUT2D eigenvalue weighted by Crippen LogP contribution is 2.46. The summed E-state index contributed by atoms with van der Waals surface area (Å²) in [6.07, 6.45) is -0.836. The molecule has 0 unspecified atom stereocenters. The molecule has 0 atom stereocenters. The number of fused-ring (bicyclic) bond motifs is 4. The lowest BCUT2D eigenvalue weighted by Gasteiger charge is -2.19. The van der Waals surface area contributed by atoms with Gasteiger partial charge >= 0.3 is 0 Å². The van der Waals surface area contributed by atoms with Crippen LogP contribution in [0.4, 0.5) is 0 Å². The van der Waals surface area contributed by atoms with Gasteiger partial charge in [-0.15, -0.1) is 0 Å². The first-order chi connectivity index (χ1) is 25.2. The molecule has 0 saturated carbocycles. The standard InChI is InChI=1S/C44H31N3/c1-2-42-46-40-20-9-10-21-41(40)47(42)32-25-24-29-27-31(23-22-30(29)28-32)43-35-15-5-7-17-37(35)44(38-18-8-6-16-36(38)43)34-14-4-3-13-33(34)39-19-11-12-26-45-39/h3-28H,2H2,1H3/i1D3,2D2. The van der Waals surface area contributed by atoms with Crippen LogP contribution in [0.25, 0.3) is 82.5 Å². The fraction of sp³-hybridized carbons (Fsp3) is 0.0455. The van der Waals surface area contributed by atoms with Gasteiger partial charge in [0, 0.05) is 30.7 Å². The van der Waals surface area contributed by atoms with Crippen molar-refractivity contribution in [1.82, 2.24) is 14.5 Å². The molecule has 0 N–H and O–H groups in total. The van der Waals surface area contributed by atoms with E-state index in [0.717, 1.165) is 60.3 Å². The molecule has 0 bridgehead atoms. The molecule has 0 spiro atoms. The third-order valence-corrected chi connectivity index (χ3v) is 9.11. The van der Waals surface area contributed by atoms with Crippen molar-refractivity contribution in [2.45, 2.75) is 13.2 Å². The van der Waals surface area contributed by atoms with Crippen LogP contribution in [-0.4, -0.2) is 14.5 Å². The summed E-state index contributed by atoms with van der Waals surface area (Å²) >= 11 is 0. The summed E-state index contributed by atoms with van der Waals surface area (Å²) in [7, 11) is 0. The molecular weight excluding hydrogens is 571 g/mol. The summed E-state index contributed by atoms with van der Waals surface area (Å²) in [5.41, 5.74) is 8.33. The Morgan fingerprint density at radius 2 is 1.23 bits per heavy atom. The van der Waals surface area contributed by atoms with E-state index >= 15 is 0 Å². The fourth-order valence-electron chi connectivity index (χ4n) is 7.08. The lowest BCUT2D eigenvalue weighted by Crippen LogP contribution is -2.00. The van der Waals surface area contributed by atoms with Crippen LogP contribution in [0.5, 0.6) is 0 Å². The average Bonchev–Trinajstić information content (AvgIpc) is 3.57. The Morgan fingerprint density at radius 1 is 0.596 bits per heavy atom. The van der Waals surface area contributed by atoms with Gasteiger partial charge in [-0.1, -0.05) is 116 Å². The Labute approximate surface area is 280 Å². The number of hydrogen-bond acceptors (Lipinski definition) is 2. The van der Waals surface area contributed by atoms with E-state index in [1.54, 1.807) is 10.6 Å². The van der Waals surface area contributed by atoms with Gasteiger partial charge in [0.1, 0.15) is 5.82 Å². The molecule has 9 aromatic rings. The van der Waals surface area contributed by atoms with Gasteiger partial charge in [-0.3, -0.25) is 9.55 Å². The summed E-state index contributed by atoms with van der Waals surface area (Å²) in [5.74, 6) is -0.146. The van der Waals surface area contributed by atoms with Crippen molar-refractivity contribution >= 4 is 43.4 Å². The van der Waals surface area contributed by atoms with E-state index in [1.807, 2.05) is 54.7 Å². The number of benzene rings is 7. The van der Waals surface area contributed by atoms with Gasteiger partial charge in [0.15, 0.2) is 0 Å². The summed E-state index contributed by atoms with van der Waals surface area (Å²) < 4.78 is 42.8. The maximum absolute atomic E-state index is 8.60. The first-order valence-electron chi connectivity index (χ1n) is 18.2. The van der Waals surface area contributed by atoms with Crippen LogP contribution in [0.15, 0.2) is 158 Å². The van der Waals surface area contributed by atoms with E-state index in [9.17, 15) is 0 Å². The van der Waals surface area contributed by atoms with Crippen molar-refractivity contribution in [3.8, 4) is 39.2 Å². The second-order valence-electron chi connectivity index (χ2n) is 11.7. The van der Waals surface area contributed by atoms with E-state index < -0.39 is 13.2 Å². The zero-order chi connectivity index (χ0) is 35.6. The van der Waals surface area contributed by atoms with Crippen molar-refractivity contribution in [3.05, 3.63) is 164 Å². The molecule has 2 aromatic heterocycles. The maximum Gasteiger partial charge on any atom is 0.114 e. The number of aryl methyl sites for hydroxylation is 1. The molecule has 9 rings (SSSR count). The average molecular weight is 607 g/mol. The molecule has 222 valence electrons. The van der Waals surface area contributed by atoms with Crippen molar-refractivity contribution < 1.29 is 6.85 Å². The third-order valence-electron chi connectivity index (χ3n) is 9.11. The minimum Gasteiger partial charge on any atom is -0.296 e. The Hall–Kier alpha value is -6.06. The van der Waals surface area contributed by atoms with Gasteiger partial charge in [0.2, 0.25) is 0 Å². The SMILES string of the molecule is [2H]C([2H])([2H])C([2H])([2H])c1nc2ccccc2n1-c1ccc2cc(-c3c4ccccc4c(-c4ccccc4-c4ccccn4)c4ccccc34)ccc2c1. The van der Waals surface area contributed by atoms with Gasteiger partial charge in [-0.25, -0.2) is 4.98 Å². The molecule has 0 aliphatic heterocycles. The number of nitrogens with zero attached hydrogens (tertiary/aromatic N) is 3. The molecule has 0 radical (unpaired) electrons. The third kappa shape index (κ3) is 4.43. The molecule has 0 aliphatic carbocycles. The molecule has 47 heavy (non-hydrogen) atoms. The molecule has 2 heterocycles. The maximum atomic E-state index is 8.60. The van der Waals surface area contributed by atoms with Crippen LogP contribution in [0.2, 0.25) is 0 Å². The lowest BCUT2D eigenvalue weighted by molar-refractivity contribution is 0.909. The smallest absolute Gasteiger partial charge is 0.114 e. The van der Waals surface area contributed by atoms with E-state index in [1.165, 1.54) is 5.56 Å². The summed E-state index contributed by atoms with van der Waals surface area (Å²) in [6, 6.07) is 51.2. The zero-order valence-electron chi connectivity index (χ0n) is 30.4. The van der Waals surface area contributed by atoms with E-state index in [0.29, 0.717) is 16.7 Å². The van der Waals surface area contributed by atoms with Crippen LogP contribution in [0, 0.1) is 0 Å². The van der Waals surface area contributed by atoms with Gasteiger partial charge < -0.3 is 0 Å². The van der Waals surface area contributed by atoms with Crippen LogP contribution in [0.1, 0.15) is 19.5 Å². The Balaban J connectivity index is 1.24. The number of para-hydroxylation sites is 2. The van der Waals surface area contributed by atoms with Gasteiger partial charge in [0.25, 0.3) is 0 Å². The van der Waals surface area contributed by atoms with E-state index in [2.05, 4.69) is 102 Å². The number of hydrogen-bond donors (Lipinski definition) is 0. The van der Waals surface area contributed by atoms with Crippen LogP contribution < -0.4 is 0 Å². The molecule has 0 aliphatic rings. The molecule has 0 amide bonds. The predicted octanol–water partition coefficient (Wildman–Crippen LogP) is 11.4. The lowest BCUT2D eigenvalue weighted by atomic mass is 9.84. The quantitative estimate of drug-likeness (QED) is 0.183. The van der Waals surface area contributed by atoms with E-state index in [-0.39, 0.29) is 5.82 Å². The van der Waals surface area contributed by atoms with Gasteiger partial charge in [0.05, 0.1) is 16.7 Å². The molecule has 0 fully saturated rings. The highest BCUT2D eigenvalue weighted by molar-refractivity contribution is 6.22. The zero-order valence-corrected chi connectivity index (χ0v) is 25.4. The van der Waals surface area contributed by atoms with Gasteiger partial charge in [-0.05, 0) is 97.0 Å². The number of pyridine rings is 1. The minimum absolute atomic E-state index is 0.146. The Kier molecular flexibility index (Phi) is 5.29. The topological polar surface area (TPSA) is 30.7 Å². The largest absolute Gasteiger partial charge is 0.296 e. The summed E-state index contributed by atoms with van der Waals surface area (Å²) in [5, 5.41) is 6.53. The van der Waals surface area contributed by atoms with Crippen molar-refractivity contribution in [2.75, 3.05) is 0 Å². The Bertz CT molecular complexity index is 2760.